The van der Waals surface area contributed by atoms with Crippen LogP contribution in [0.4, 0.5) is 0 Å². The Hall–Kier alpha value is -0.850. The molecule has 3 heteroatoms. The molecule has 2 unspecified atom stereocenters. The fraction of sp³-hybridized carbons (Fsp3) is 0.727. The van der Waals surface area contributed by atoms with Gasteiger partial charge in [-0.15, -0.1) is 6.58 Å². The maximum absolute atomic E-state index is 9.21. The van der Waals surface area contributed by atoms with Gasteiger partial charge in [0.15, 0.2) is 0 Å². The second-order valence-electron chi connectivity index (χ2n) is 4.15. The number of nitriles is 1. The average molecular weight is 193 g/mol. The Balaban J connectivity index is 2.62. The first-order valence-corrected chi connectivity index (χ1v) is 5.11. The zero-order valence-electron chi connectivity index (χ0n) is 9.08. The van der Waals surface area contributed by atoms with E-state index in [9.17, 15) is 5.26 Å². The second kappa shape index (κ2) is 4.59. The van der Waals surface area contributed by atoms with Crippen molar-refractivity contribution in [3.8, 4) is 6.07 Å². The van der Waals surface area contributed by atoms with Crippen molar-refractivity contribution in [1.82, 2.24) is 10.2 Å². The third kappa shape index (κ3) is 2.34. The molecule has 2 atom stereocenters. The molecule has 0 aliphatic carbocycles. The molecule has 3 nitrogen and oxygen atoms in total. The van der Waals surface area contributed by atoms with E-state index < -0.39 is 0 Å². The molecule has 1 aliphatic rings. The van der Waals surface area contributed by atoms with Crippen molar-refractivity contribution in [2.75, 3.05) is 20.1 Å². The van der Waals surface area contributed by atoms with Crippen molar-refractivity contribution in [3.05, 3.63) is 12.7 Å². The quantitative estimate of drug-likeness (QED) is 0.683. The summed E-state index contributed by atoms with van der Waals surface area (Å²) in [5, 5.41) is 12.5. The number of hydrogen-bond donors (Lipinski definition) is 1. The highest BCUT2D eigenvalue weighted by Crippen LogP contribution is 2.25. The molecule has 0 radical (unpaired) electrons. The highest BCUT2D eigenvalue weighted by Gasteiger charge is 2.36. The number of piperidine rings is 1. The molecule has 0 amide bonds. The van der Waals surface area contributed by atoms with E-state index in [-0.39, 0.29) is 5.54 Å². The monoisotopic (exact) mass is 193 g/mol. The number of hydrogen-bond acceptors (Lipinski definition) is 3. The molecule has 1 N–H and O–H groups in total. The van der Waals surface area contributed by atoms with Gasteiger partial charge in [-0.3, -0.25) is 5.32 Å². The van der Waals surface area contributed by atoms with Gasteiger partial charge in [0.25, 0.3) is 0 Å². The normalized spacial score (nSPS) is 33.6. The van der Waals surface area contributed by atoms with Gasteiger partial charge in [-0.1, -0.05) is 6.08 Å². The summed E-state index contributed by atoms with van der Waals surface area (Å²) in [6, 6.07) is 2.89. The minimum atomic E-state index is -0.333. The molecule has 78 valence electrons. The van der Waals surface area contributed by atoms with E-state index in [1.54, 1.807) is 0 Å². The van der Waals surface area contributed by atoms with Crippen molar-refractivity contribution in [3.63, 3.8) is 0 Å². The summed E-state index contributed by atoms with van der Waals surface area (Å²) < 4.78 is 0. The van der Waals surface area contributed by atoms with E-state index in [2.05, 4.69) is 36.8 Å². The summed E-state index contributed by atoms with van der Waals surface area (Å²) in [7, 11) is 2.11. The van der Waals surface area contributed by atoms with Gasteiger partial charge < -0.3 is 4.90 Å². The van der Waals surface area contributed by atoms with Crippen LogP contribution in [-0.2, 0) is 0 Å². The molecule has 1 aliphatic heterocycles. The van der Waals surface area contributed by atoms with Crippen molar-refractivity contribution in [2.24, 2.45) is 0 Å². The summed E-state index contributed by atoms with van der Waals surface area (Å²) >= 11 is 0. The Kier molecular flexibility index (Phi) is 3.68. The van der Waals surface area contributed by atoms with Gasteiger partial charge in [0.05, 0.1) is 6.07 Å². The van der Waals surface area contributed by atoms with Crippen LogP contribution in [0, 0.1) is 11.3 Å². The number of likely N-dealkylation sites (tertiary alicyclic amines) is 1. The predicted molar refractivity (Wildman–Crippen MR) is 57.9 cm³/mol. The summed E-state index contributed by atoms with van der Waals surface area (Å²) in [5.74, 6) is 0. The third-order valence-electron chi connectivity index (χ3n) is 3.09. The molecule has 0 bridgehead atoms. The first-order chi connectivity index (χ1) is 6.63. The fourth-order valence-corrected chi connectivity index (χ4v) is 1.92. The van der Waals surface area contributed by atoms with Crippen molar-refractivity contribution >= 4 is 0 Å². The van der Waals surface area contributed by atoms with Gasteiger partial charge in [-0.2, -0.15) is 5.26 Å². The van der Waals surface area contributed by atoms with Gasteiger partial charge >= 0.3 is 0 Å². The van der Waals surface area contributed by atoms with Crippen LogP contribution < -0.4 is 5.32 Å². The summed E-state index contributed by atoms with van der Waals surface area (Å²) in [5.41, 5.74) is -0.333. The van der Waals surface area contributed by atoms with Gasteiger partial charge in [-0.05, 0) is 26.8 Å². The topological polar surface area (TPSA) is 39.1 Å². The zero-order chi connectivity index (χ0) is 10.6. The molecular weight excluding hydrogens is 174 g/mol. The standard InChI is InChI=1S/C11H19N3/c1-4-6-13-11(9-12)5-7-14(3)10(2)8-11/h4,10,13H,1,5-8H2,2-3H3. The molecular formula is C11H19N3. The first kappa shape index (κ1) is 11.2. The largest absolute Gasteiger partial charge is 0.303 e. The minimum Gasteiger partial charge on any atom is -0.303 e. The maximum atomic E-state index is 9.21. The summed E-state index contributed by atoms with van der Waals surface area (Å²) in [6.07, 6.45) is 3.61. The molecule has 0 saturated carbocycles. The molecule has 0 aromatic rings. The third-order valence-corrected chi connectivity index (χ3v) is 3.09. The SMILES string of the molecule is C=CCNC1(C#N)CCN(C)C(C)C1. The van der Waals surface area contributed by atoms with Crippen molar-refractivity contribution in [1.29, 1.82) is 5.26 Å². The second-order valence-corrected chi connectivity index (χ2v) is 4.15. The first-order valence-electron chi connectivity index (χ1n) is 5.11. The van der Waals surface area contributed by atoms with Gasteiger partial charge in [0, 0.05) is 19.1 Å². The van der Waals surface area contributed by atoms with Crippen molar-refractivity contribution in [2.45, 2.75) is 31.3 Å². The number of nitrogens with zero attached hydrogens (tertiary/aromatic N) is 2. The molecule has 0 spiro atoms. The number of rotatable bonds is 3. The smallest absolute Gasteiger partial charge is 0.109 e. The lowest BCUT2D eigenvalue weighted by Gasteiger charge is -2.40. The van der Waals surface area contributed by atoms with Gasteiger partial charge in [0.2, 0.25) is 0 Å². The number of nitrogens with one attached hydrogen (secondary N) is 1. The molecule has 1 rings (SSSR count). The molecule has 0 aromatic carbocycles. The summed E-state index contributed by atoms with van der Waals surface area (Å²) in [4.78, 5) is 2.30. The van der Waals surface area contributed by atoms with Crippen LogP contribution in [0.5, 0.6) is 0 Å². The molecule has 1 saturated heterocycles. The van der Waals surface area contributed by atoms with Crippen molar-refractivity contribution < 1.29 is 0 Å². The highest BCUT2D eigenvalue weighted by atomic mass is 15.2. The Morgan fingerprint density at radius 3 is 3.00 bits per heavy atom. The van der Waals surface area contributed by atoms with E-state index in [4.69, 9.17) is 0 Å². The highest BCUT2D eigenvalue weighted by molar-refractivity contribution is 5.11. The molecule has 1 fully saturated rings. The zero-order valence-corrected chi connectivity index (χ0v) is 9.08. The Morgan fingerprint density at radius 1 is 1.79 bits per heavy atom. The molecule has 0 aromatic heterocycles. The van der Waals surface area contributed by atoms with E-state index in [1.165, 1.54) is 0 Å². The Morgan fingerprint density at radius 2 is 2.50 bits per heavy atom. The Labute approximate surface area is 86.4 Å². The minimum absolute atomic E-state index is 0.333. The predicted octanol–water partition coefficient (Wildman–Crippen LogP) is 1.14. The van der Waals surface area contributed by atoms with Gasteiger partial charge in [0.1, 0.15) is 5.54 Å². The fourth-order valence-electron chi connectivity index (χ4n) is 1.92. The van der Waals surface area contributed by atoms with Crippen LogP contribution in [-0.4, -0.2) is 36.6 Å². The molecule has 1 heterocycles. The van der Waals surface area contributed by atoms with E-state index in [1.807, 2.05) is 6.08 Å². The Bertz CT molecular complexity index is 243. The van der Waals surface area contributed by atoms with Crippen LogP contribution in [0.2, 0.25) is 0 Å². The lowest BCUT2D eigenvalue weighted by atomic mass is 9.85. The lowest BCUT2D eigenvalue weighted by Crippen LogP contribution is -2.54. The van der Waals surface area contributed by atoms with Crippen LogP contribution >= 0.6 is 0 Å². The molecule has 14 heavy (non-hydrogen) atoms. The van der Waals surface area contributed by atoms with Gasteiger partial charge in [-0.25, -0.2) is 0 Å². The van der Waals surface area contributed by atoms with Crippen LogP contribution in [0.1, 0.15) is 19.8 Å². The maximum Gasteiger partial charge on any atom is 0.109 e. The van der Waals surface area contributed by atoms with E-state index >= 15 is 0 Å². The lowest BCUT2D eigenvalue weighted by molar-refractivity contribution is 0.140. The van der Waals surface area contributed by atoms with Crippen LogP contribution in [0.25, 0.3) is 0 Å². The van der Waals surface area contributed by atoms with Crippen LogP contribution in [0.15, 0.2) is 12.7 Å². The van der Waals surface area contributed by atoms with E-state index in [0.29, 0.717) is 12.6 Å². The summed E-state index contributed by atoms with van der Waals surface area (Å²) in [6.45, 7) is 7.53. The van der Waals surface area contributed by atoms with Crippen LogP contribution in [0.3, 0.4) is 0 Å². The van der Waals surface area contributed by atoms with E-state index in [0.717, 1.165) is 19.4 Å². The average Bonchev–Trinajstić information content (AvgIpc) is 2.20.